The number of ether oxygens (including phenoxy) is 1. The van der Waals surface area contributed by atoms with Crippen molar-refractivity contribution in [1.82, 2.24) is 15.4 Å². The smallest absolute Gasteiger partial charge is 0.328 e. The highest BCUT2D eigenvalue weighted by Crippen LogP contribution is 2.10. The van der Waals surface area contributed by atoms with E-state index in [2.05, 4.69) is 10.1 Å². The summed E-state index contributed by atoms with van der Waals surface area (Å²) < 4.78 is 4.63. The van der Waals surface area contributed by atoms with E-state index in [4.69, 9.17) is 0 Å². The molecule has 0 bridgehead atoms. The quantitative estimate of drug-likeness (QED) is 0.291. The Hall–Kier alpha value is -2.20. The van der Waals surface area contributed by atoms with Gasteiger partial charge >= 0.3 is 5.97 Å². The Bertz CT molecular complexity index is 469. The Kier molecular flexibility index (Phi) is 9.58. The van der Waals surface area contributed by atoms with Gasteiger partial charge in [0.1, 0.15) is 19.1 Å². The minimum Gasteiger partial charge on any atom is -0.465 e. The van der Waals surface area contributed by atoms with Gasteiger partial charge in [0.2, 0.25) is 11.8 Å². The van der Waals surface area contributed by atoms with Crippen molar-refractivity contribution in [2.75, 3.05) is 19.7 Å². The maximum Gasteiger partial charge on any atom is 0.328 e. The molecule has 24 heavy (non-hydrogen) atoms. The van der Waals surface area contributed by atoms with Crippen LogP contribution in [0.2, 0.25) is 0 Å². The van der Waals surface area contributed by atoms with Crippen molar-refractivity contribution in [2.45, 2.75) is 40.2 Å². The van der Waals surface area contributed by atoms with Crippen LogP contribution in [-0.2, 0) is 23.9 Å². The van der Waals surface area contributed by atoms with Crippen LogP contribution in [0.5, 0.6) is 0 Å². The maximum absolute atomic E-state index is 12.2. The van der Waals surface area contributed by atoms with Gasteiger partial charge in [0.25, 0.3) is 5.91 Å². The average molecular weight is 347 g/mol. The van der Waals surface area contributed by atoms with E-state index in [1.165, 1.54) is 0 Å². The predicted molar refractivity (Wildman–Crippen MR) is 80.7 cm³/mol. The van der Waals surface area contributed by atoms with Crippen molar-refractivity contribution in [2.24, 2.45) is 5.92 Å². The van der Waals surface area contributed by atoms with E-state index >= 15 is 0 Å². The molecule has 0 aromatic carbocycles. The summed E-state index contributed by atoms with van der Waals surface area (Å²) in [5, 5.41) is 21.7. The number of carbonyl (C=O) groups excluding carboxylic acids is 4. The monoisotopic (exact) mass is 347 g/mol. The van der Waals surface area contributed by atoms with Crippen LogP contribution in [0.4, 0.5) is 0 Å². The summed E-state index contributed by atoms with van der Waals surface area (Å²) in [5.41, 5.74) is 0. The summed E-state index contributed by atoms with van der Waals surface area (Å²) in [6.45, 7) is 4.87. The van der Waals surface area contributed by atoms with Gasteiger partial charge in [-0.3, -0.25) is 29.6 Å². The zero-order valence-electron chi connectivity index (χ0n) is 14.3. The van der Waals surface area contributed by atoms with E-state index in [1.54, 1.807) is 20.8 Å². The van der Waals surface area contributed by atoms with Crippen molar-refractivity contribution in [3.8, 4) is 0 Å². The first-order chi connectivity index (χ1) is 11.1. The lowest BCUT2D eigenvalue weighted by Crippen LogP contribution is -2.53. The Balaban J connectivity index is 4.93. The number of amides is 3. The van der Waals surface area contributed by atoms with E-state index in [0.29, 0.717) is 6.42 Å². The van der Waals surface area contributed by atoms with E-state index in [1.807, 2.05) is 0 Å². The standard InChI is InChI=1S/C14H25N3O7/c1-5-9(3)13(15-11(19)7-16(22)10(4)18)14(21)17(23)8-12(20)24-6-2/h9,13,22-23H,5-8H2,1-4H3,(H,15,19)/t9-,13+/m1/s1. The van der Waals surface area contributed by atoms with Gasteiger partial charge in [-0.2, -0.15) is 0 Å². The molecule has 0 aliphatic carbocycles. The van der Waals surface area contributed by atoms with Crippen LogP contribution in [0.1, 0.15) is 34.1 Å². The molecule has 0 aliphatic heterocycles. The summed E-state index contributed by atoms with van der Waals surface area (Å²) >= 11 is 0. The van der Waals surface area contributed by atoms with Crippen molar-refractivity contribution in [3.05, 3.63) is 0 Å². The van der Waals surface area contributed by atoms with Crippen LogP contribution in [-0.4, -0.2) is 70.0 Å². The summed E-state index contributed by atoms with van der Waals surface area (Å²) in [6.07, 6.45) is 0.499. The van der Waals surface area contributed by atoms with E-state index < -0.39 is 42.8 Å². The van der Waals surface area contributed by atoms with Gasteiger partial charge in [-0.05, 0) is 12.8 Å². The maximum atomic E-state index is 12.2. The number of esters is 1. The summed E-state index contributed by atoms with van der Waals surface area (Å²) in [7, 11) is 0. The van der Waals surface area contributed by atoms with Gasteiger partial charge in [0.05, 0.1) is 6.61 Å². The van der Waals surface area contributed by atoms with Gasteiger partial charge in [-0.25, -0.2) is 10.1 Å². The van der Waals surface area contributed by atoms with Crippen LogP contribution >= 0.6 is 0 Å². The Morgan fingerprint density at radius 3 is 2.12 bits per heavy atom. The van der Waals surface area contributed by atoms with Gasteiger partial charge < -0.3 is 10.1 Å². The number of hydroxylamine groups is 4. The molecule has 0 radical (unpaired) electrons. The second kappa shape index (κ2) is 10.6. The van der Waals surface area contributed by atoms with E-state index in [-0.39, 0.29) is 22.7 Å². The molecule has 0 rings (SSSR count). The first-order valence-electron chi connectivity index (χ1n) is 7.56. The third kappa shape index (κ3) is 7.38. The molecule has 138 valence electrons. The predicted octanol–water partition coefficient (Wildman–Crippen LogP) is -0.464. The molecule has 0 fully saturated rings. The minimum absolute atomic E-state index is 0.101. The normalized spacial score (nSPS) is 12.8. The van der Waals surface area contributed by atoms with Crippen molar-refractivity contribution < 1.29 is 34.3 Å². The lowest BCUT2D eigenvalue weighted by molar-refractivity contribution is -0.179. The third-order valence-corrected chi connectivity index (χ3v) is 3.29. The molecule has 0 aromatic heterocycles. The molecule has 0 spiro atoms. The Labute approximate surface area is 140 Å². The fourth-order valence-electron chi connectivity index (χ4n) is 1.72. The van der Waals surface area contributed by atoms with Gasteiger partial charge in [0, 0.05) is 6.92 Å². The number of nitrogens with one attached hydrogen (secondary N) is 1. The Morgan fingerprint density at radius 1 is 1.08 bits per heavy atom. The Morgan fingerprint density at radius 2 is 1.67 bits per heavy atom. The molecule has 0 aromatic rings. The summed E-state index contributed by atoms with van der Waals surface area (Å²) in [5.74, 6) is -3.56. The fourth-order valence-corrected chi connectivity index (χ4v) is 1.72. The summed E-state index contributed by atoms with van der Waals surface area (Å²) in [4.78, 5) is 46.3. The highest BCUT2D eigenvalue weighted by molar-refractivity contribution is 5.90. The molecule has 10 nitrogen and oxygen atoms in total. The zero-order chi connectivity index (χ0) is 18.9. The van der Waals surface area contributed by atoms with Crippen LogP contribution in [0.15, 0.2) is 0 Å². The molecule has 10 heteroatoms. The van der Waals surface area contributed by atoms with Crippen molar-refractivity contribution in [1.29, 1.82) is 0 Å². The molecule has 0 unspecified atom stereocenters. The molecular formula is C14H25N3O7. The lowest BCUT2D eigenvalue weighted by Gasteiger charge is -2.27. The topological polar surface area (TPSA) is 136 Å². The van der Waals surface area contributed by atoms with Crippen LogP contribution in [0, 0.1) is 5.92 Å². The van der Waals surface area contributed by atoms with Gasteiger partial charge in [0.15, 0.2) is 0 Å². The second-order valence-electron chi connectivity index (χ2n) is 5.21. The largest absolute Gasteiger partial charge is 0.465 e. The van der Waals surface area contributed by atoms with Crippen molar-refractivity contribution in [3.63, 3.8) is 0 Å². The number of rotatable bonds is 9. The molecule has 3 N–H and O–H groups in total. The third-order valence-electron chi connectivity index (χ3n) is 3.29. The average Bonchev–Trinajstić information content (AvgIpc) is 2.51. The molecule has 0 saturated carbocycles. The number of hydrogen-bond acceptors (Lipinski definition) is 7. The van der Waals surface area contributed by atoms with Gasteiger partial charge in [-0.15, -0.1) is 0 Å². The zero-order valence-corrected chi connectivity index (χ0v) is 14.3. The minimum atomic E-state index is -1.12. The first kappa shape index (κ1) is 21.8. The number of hydrogen-bond donors (Lipinski definition) is 3. The number of carbonyl (C=O) groups is 4. The SMILES string of the molecule is CCOC(=O)CN(O)C(=O)[C@@H](NC(=O)CN(O)C(C)=O)[C@H](C)CC. The molecule has 0 aliphatic rings. The fraction of sp³-hybridized carbons (Fsp3) is 0.714. The number of nitrogens with zero attached hydrogens (tertiary/aromatic N) is 2. The van der Waals surface area contributed by atoms with Crippen LogP contribution < -0.4 is 5.32 Å². The summed E-state index contributed by atoms with van der Waals surface area (Å²) in [6, 6.07) is -1.12. The van der Waals surface area contributed by atoms with Crippen LogP contribution in [0.25, 0.3) is 0 Å². The van der Waals surface area contributed by atoms with E-state index in [0.717, 1.165) is 6.92 Å². The first-order valence-corrected chi connectivity index (χ1v) is 7.56. The van der Waals surface area contributed by atoms with Crippen molar-refractivity contribution >= 4 is 23.7 Å². The molecule has 0 heterocycles. The lowest BCUT2D eigenvalue weighted by atomic mass is 9.98. The highest BCUT2D eigenvalue weighted by Gasteiger charge is 2.31. The van der Waals surface area contributed by atoms with E-state index in [9.17, 15) is 29.6 Å². The van der Waals surface area contributed by atoms with Crippen LogP contribution in [0.3, 0.4) is 0 Å². The highest BCUT2D eigenvalue weighted by atomic mass is 16.6. The van der Waals surface area contributed by atoms with Gasteiger partial charge in [-0.1, -0.05) is 20.3 Å². The molecular weight excluding hydrogens is 322 g/mol. The molecule has 2 atom stereocenters. The molecule has 3 amide bonds. The second-order valence-corrected chi connectivity index (χ2v) is 5.21. The molecule has 0 saturated heterocycles.